The number of tetrazole rings is 1. The van der Waals surface area contributed by atoms with Crippen molar-refractivity contribution in [3.8, 4) is 11.5 Å². The fourth-order valence-electron chi connectivity index (χ4n) is 8.58. The molecule has 0 aliphatic carbocycles. The molecule has 5 heterocycles. The lowest BCUT2D eigenvalue weighted by molar-refractivity contribution is -0.288. The second kappa shape index (κ2) is 17.5. The van der Waals surface area contributed by atoms with Crippen molar-refractivity contribution >= 4 is 23.6 Å². The molecule has 2 aromatic heterocycles. The Morgan fingerprint density at radius 3 is 2.41 bits per heavy atom. The van der Waals surface area contributed by atoms with E-state index in [1.165, 1.54) is 18.9 Å². The highest BCUT2D eigenvalue weighted by atomic mass is 16.7. The van der Waals surface area contributed by atoms with Gasteiger partial charge in [-0.3, -0.25) is 24.3 Å². The van der Waals surface area contributed by atoms with Gasteiger partial charge in [0.2, 0.25) is 5.82 Å². The van der Waals surface area contributed by atoms with E-state index in [-0.39, 0.29) is 37.8 Å². The number of allylic oxidation sites excluding steroid dienone is 1. The molecule has 3 N–H and O–H groups in total. The summed E-state index contributed by atoms with van der Waals surface area (Å²) in [5.41, 5.74) is 4.03. The van der Waals surface area contributed by atoms with Crippen molar-refractivity contribution in [3.63, 3.8) is 0 Å². The Bertz CT molecular complexity index is 1740. The van der Waals surface area contributed by atoms with Gasteiger partial charge in [-0.25, -0.2) is 9.48 Å². The number of hydrogen-bond donors (Lipinski definition) is 2. The number of aromatic nitrogens is 5. The van der Waals surface area contributed by atoms with E-state index in [2.05, 4.69) is 20.5 Å². The number of ether oxygens (including phenoxy) is 5. The summed E-state index contributed by atoms with van der Waals surface area (Å²) in [6.07, 6.45) is 0.364. The minimum atomic E-state index is -1.47. The molecule has 56 heavy (non-hydrogen) atoms. The van der Waals surface area contributed by atoms with Crippen molar-refractivity contribution in [1.82, 2.24) is 30.1 Å². The number of amides is 1. The zero-order valence-corrected chi connectivity index (χ0v) is 33.7. The molecule has 3 fully saturated rings. The van der Waals surface area contributed by atoms with Crippen molar-refractivity contribution in [3.05, 3.63) is 36.5 Å². The SMILES string of the molecule is CC[C@H]1OC(=O)[C@H](C)C(=O)[C@H](C)[C@@H](O[C@@H]2O[C@H](C)CC(N)C2O)[C@](C)(OC)C[C@@H](C)C(=O)[C@H](C)[C@H]2N(C/C=C/Cn3nnnc3-c3ccccn3)C(=O)O[C@]12C. The predicted octanol–water partition coefficient (Wildman–Crippen LogP) is 2.89. The van der Waals surface area contributed by atoms with Crippen LogP contribution in [0, 0.1) is 23.7 Å². The van der Waals surface area contributed by atoms with Crippen LogP contribution in [0.15, 0.2) is 36.5 Å². The van der Waals surface area contributed by atoms with E-state index in [1.54, 1.807) is 76.7 Å². The molecule has 2 aromatic rings. The van der Waals surface area contributed by atoms with Gasteiger partial charge < -0.3 is 34.5 Å². The first kappa shape index (κ1) is 43.0. The lowest BCUT2D eigenvalue weighted by Crippen LogP contribution is -2.60. The lowest BCUT2D eigenvalue weighted by atomic mass is 9.73. The van der Waals surface area contributed by atoms with Crippen molar-refractivity contribution in [2.24, 2.45) is 29.4 Å². The van der Waals surface area contributed by atoms with Gasteiger partial charge in [0.25, 0.3) is 0 Å². The lowest BCUT2D eigenvalue weighted by Gasteiger charge is -2.46. The summed E-state index contributed by atoms with van der Waals surface area (Å²) in [6.45, 7) is 13.9. The van der Waals surface area contributed by atoms with E-state index >= 15 is 0 Å². The number of carbonyl (C=O) groups excluding carboxylic acids is 4. The van der Waals surface area contributed by atoms with E-state index in [1.807, 2.05) is 13.0 Å². The Balaban J connectivity index is 1.48. The predicted molar refractivity (Wildman–Crippen MR) is 200 cm³/mol. The van der Waals surface area contributed by atoms with Crippen LogP contribution in [0.2, 0.25) is 0 Å². The monoisotopic (exact) mass is 783 g/mol. The number of carbonyl (C=O) groups is 4. The zero-order valence-electron chi connectivity index (χ0n) is 33.7. The molecule has 17 nitrogen and oxygen atoms in total. The smallest absolute Gasteiger partial charge is 0.411 e. The van der Waals surface area contributed by atoms with Gasteiger partial charge in [-0.1, -0.05) is 45.9 Å². The standard InChI is InChI=1S/C39H57N7O10/c1-10-28-39(8)32(45(37(51)56-39)17-13-14-18-46-34(42-43-44-46)27-15-11-12-16-41-27)23(4)29(47)21(2)20-38(7,52-9)33(24(5)30(48)25(6)35(50)54-28)55-36-31(49)26(40)19-22(3)53-36/h11-16,21-26,28,31-33,36,49H,10,17-20,40H2,1-9H3/b14-13+/t21-,22-,23+,24+,25-,26?,28-,31?,32-,33-,36+,38-,39-/m1/s1. The van der Waals surface area contributed by atoms with Gasteiger partial charge in [0.1, 0.15) is 29.6 Å². The van der Waals surface area contributed by atoms with Crippen LogP contribution in [0.25, 0.3) is 11.5 Å². The molecule has 0 radical (unpaired) electrons. The normalized spacial score (nSPS) is 37.6. The summed E-state index contributed by atoms with van der Waals surface area (Å²) < 4.78 is 32.2. The van der Waals surface area contributed by atoms with E-state index in [0.29, 0.717) is 17.9 Å². The van der Waals surface area contributed by atoms with Crippen molar-refractivity contribution in [1.29, 1.82) is 0 Å². The first-order valence-electron chi connectivity index (χ1n) is 19.4. The molecular formula is C39H57N7O10. The number of nitrogens with zero attached hydrogens (tertiary/aromatic N) is 6. The third-order valence-electron chi connectivity index (χ3n) is 11.7. The minimum absolute atomic E-state index is 0.0545. The fourth-order valence-corrected chi connectivity index (χ4v) is 8.58. The number of aliphatic hydroxyl groups excluding tert-OH is 1. The minimum Gasteiger partial charge on any atom is -0.458 e. The van der Waals surface area contributed by atoms with Crippen molar-refractivity contribution in [2.45, 2.75) is 135 Å². The highest BCUT2D eigenvalue weighted by Crippen LogP contribution is 2.43. The molecule has 5 rings (SSSR count). The number of pyridine rings is 1. The largest absolute Gasteiger partial charge is 0.458 e. The van der Waals surface area contributed by atoms with Crippen LogP contribution < -0.4 is 5.73 Å². The molecule has 0 aromatic carbocycles. The van der Waals surface area contributed by atoms with Gasteiger partial charge >= 0.3 is 12.1 Å². The van der Waals surface area contributed by atoms with Crippen LogP contribution in [-0.2, 0) is 44.6 Å². The maximum Gasteiger partial charge on any atom is 0.411 e. The number of methoxy groups -OCH3 is 1. The number of hydrogen-bond acceptors (Lipinski definition) is 15. The zero-order chi connectivity index (χ0) is 41.1. The fraction of sp³-hybridized carbons (Fsp3) is 0.692. The number of fused-ring (bicyclic) bond motifs is 1. The first-order chi connectivity index (χ1) is 26.5. The van der Waals surface area contributed by atoms with Gasteiger partial charge in [0, 0.05) is 43.6 Å². The number of esters is 1. The molecule has 3 aliphatic heterocycles. The van der Waals surface area contributed by atoms with E-state index in [4.69, 9.17) is 29.4 Å². The van der Waals surface area contributed by atoms with Gasteiger partial charge in [0.15, 0.2) is 17.7 Å². The van der Waals surface area contributed by atoms with Crippen LogP contribution in [0.1, 0.15) is 74.7 Å². The van der Waals surface area contributed by atoms with Gasteiger partial charge in [-0.2, -0.15) is 0 Å². The summed E-state index contributed by atoms with van der Waals surface area (Å²) in [6, 6.07) is 3.89. The summed E-state index contributed by atoms with van der Waals surface area (Å²) in [7, 11) is 1.46. The van der Waals surface area contributed by atoms with Crippen molar-refractivity contribution < 1.29 is 48.0 Å². The first-order valence-corrected chi connectivity index (χ1v) is 19.4. The van der Waals surface area contributed by atoms with E-state index in [0.717, 1.165) is 0 Å². The quantitative estimate of drug-likeness (QED) is 0.212. The Kier molecular flexibility index (Phi) is 13.5. The van der Waals surface area contributed by atoms with Gasteiger partial charge in [-0.15, -0.1) is 5.10 Å². The number of cyclic esters (lactones) is 1. The van der Waals surface area contributed by atoms with Gasteiger partial charge in [0.05, 0.1) is 30.4 Å². The topological polar surface area (TPSA) is 220 Å². The highest BCUT2D eigenvalue weighted by Gasteiger charge is 2.60. The average molecular weight is 784 g/mol. The summed E-state index contributed by atoms with van der Waals surface area (Å²) in [5.74, 6) is -4.82. The molecule has 308 valence electrons. The number of rotatable bonds is 9. The van der Waals surface area contributed by atoms with E-state index in [9.17, 15) is 24.3 Å². The third kappa shape index (κ3) is 8.56. The molecule has 0 bridgehead atoms. The van der Waals surface area contributed by atoms with Crippen molar-refractivity contribution in [2.75, 3.05) is 13.7 Å². The molecule has 3 aliphatic rings. The highest BCUT2D eigenvalue weighted by molar-refractivity contribution is 6.00. The summed E-state index contributed by atoms with van der Waals surface area (Å²) in [5, 5.41) is 22.9. The summed E-state index contributed by atoms with van der Waals surface area (Å²) in [4.78, 5) is 62.2. The Morgan fingerprint density at radius 1 is 1.04 bits per heavy atom. The third-order valence-corrected chi connectivity index (χ3v) is 11.7. The summed E-state index contributed by atoms with van der Waals surface area (Å²) >= 11 is 0. The number of aliphatic hydroxyl groups is 1. The van der Waals surface area contributed by atoms with E-state index < -0.39 is 89.4 Å². The molecule has 1 amide bonds. The number of nitrogens with two attached hydrogens (primary N) is 1. The molecular weight excluding hydrogens is 726 g/mol. The van der Waals surface area contributed by atoms with Crippen LogP contribution in [0.4, 0.5) is 4.79 Å². The maximum absolute atomic E-state index is 14.6. The molecule has 2 unspecified atom stereocenters. The Labute approximate surface area is 327 Å². The van der Waals surface area contributed by atoms with Crippen LogP contribution >= 0.6 is 0 Å². The van der Waals surface area contributed by atoms with Crippen LogP contribution in [0.3, 0.4) is 0 Å². The maximum atomic E-state index is 14.6. The molecule has 3 saturated heterocycles. The Morgan fingerprint density at radius 2 is 1.75 bits per heavy atom. The molecule has 0 saturated carbocycles. The van der Waals surface area contributed by atoms with Crippen LogP contribution in [-0.4, -0.2) is 126 Å². The number of ketones is 2. The van der Waals surface area contributed by atoms with Crippen LogP contribution in [0.5, 0.6) is 0 Å². The second-order valence-electron chi connectivity index (χ2n) is 15.8. The average Bonchev–Trinajstić information content (AvgIpc) is 3.75. The second-order valence-corrected chi connectivity index (χ2v) is 15.8. The molecule has 0 spiro atoms. The Hall–Kier alpha value is -4.16. The molecule has 17 heteroatoms. The van der Waals surface area contributed by atoms with Gasteiger partial charge in [-0.05, 0) is 69.5 Å². The number of Topliss-reactive ketones (excluding diaryl/α,β-unsaturated/α-hetero) is 2. The molecule has 13 atom stereocenters.